The highest BCUT2D eigenvalue weighted by molar-refractivity contribution is 7.92. The van der Waals surface area contributed by atoms with Crippen LogP contribution in [0.5, 0.6) is 5.75 Å². The Morgan fingerprint density at radius 3 is 2.17 bits per heavy atom. The van der Waals surface area contributed by atoms with E-state index in [1.54, 1.807) is 67.0 Å². The van der Waals surface area contributed by atoms with Crippen LogP contribution in [-0.4, -0.2) is 31.0 Å². The van der Waals surface area contributed by atoms with Gasteiger partial charge in [-0.15, -0.1) is 0 Å². The van der Waals surface area contributed by atoms with Crippen molar-refractivity contribution in [2.24, 2.45) is 5.73 Å². The Morgan fingerprint density at radius 2 is 1.54 bits per heavy atom. The van der Waals surface area contributed by atoms with E-state index in [0.29, 0.717) is 22.5 Å². The van der Waals surface area contributed by atoms with Crippen molar-refractivity contribution < 1.29 is 18.3 Å². The predicted molar refractivity (Wildman–Crippen MR) is 135 cm³/mol. The Labute approximate surface area is 203 Å². The number of hydrogen-bond acceptors (Lipinski definition) is 6. The van der Waals surface area contributed by atoms with E-state index < -0.39 is 16.1 Å². The van der Waals surface area contributed by atoms with Gasteiger partial charge < -0.3 is 16.2 Å². The van der Waals surface area contributed by atoms with E-state index in [1.807, 2.05) is 0 Å². The summed E-state index contributed by atoms with van der Waals surface area (Å²) in [5.74, 6) is -0.260. The Kier molecular flexibility index (Phi) is 7.09. The van der Waals surface area contributed by atoms with Gasteiger partial charge >= 0.3 is 0 Å². The number of phenolic OH excluding ortho intramolecular Hbond substituents is 1. The first-order valence-electron chi connectivity index (χ1n) is 10.8. The third kappa shape index (κ3) is 5.65. The number of pyridine rings is 1. The van der Waals surface area contributed by atoms with Crippen LogP contribution in [0.1, 0.15) is 22.0 Å². The number of carbonyl (C=O) groups is 1. The third-order valence-electron chi connectivity index (χ3n) is 5.37. The lowest BCUT2D eigenvalue weighted by Gasteiger charge is -2.27. The highest BCUT2D eigenvalue weighted by atomic mass is 32.2. The van der Waals surface area contributed by atoms with E-state index in [9.17, 15) is 18.3 Å². The van der Waals surface area contributed by atoms with Crippen LogP contribution in [0.25, 0.3) is 0 Å². The van der Waals surface area contributed by atoms with Gasteiger partial charge in [-0.3, -0.25) is 14.1 Å². The number of aromatic hydroxyl groups is 1. The van der Waals surface area contributed by atoms with Crippen molar-refractivity contribution in [3.63, 3.8) is 0 Å². The summed E-state index contributed by atoms with van der Waals surface area (Å²) in [6, 6.07) is 23.3. The molecule has 0 fully saturated rings. The highest BCUT2D eigenvalue weighted by Crippen LogP contribution is 2.28. The molecule has 1 unspecified atom stereocenters. The number of hydrogen-bond donors (Lipinski definition) is 3. The van der Waals surface area contributed by atoms with E-state index in [-0.39, 0.29) is 23.1 Å². The number of carbonyl (C=O) groups excluding carboxylic acids is 1. The van der Waals surface area contributed by atoms with Crippen LogP contribution >= 0.6 is 0 Å². The fraction of sp³-hybridized carbons (Fsp3) is 0.0769. The van der Waals surface area contributed by atoms with Crippen molar-refractivity contribution in [1.29, 1.82) is 0 Å². The Balaban J connectivity index is 1.56. The first-order valence-corrected chi connectivity index (χ1v) is 12.2. The Hall–Kier alpha value is -4.21. The van der Waals surface area contributed by atoms with Crippen molar-refractivity contribution in [1.82, 2.24) is 4.98 Å². The molecule has 4 rings (SSSR count). The summed E-state index contributed by atoms with van der Waals surface area (Å²) in [6.45, 7) is -0.0510. The predicted octanol–water partition coefficient (Wildman–Crippen LogP) is 3.93. The van der Waals surface area contributed by atoms with Gasteiger partial charge in [0.25, 0.3) is 15.9 Å². The van der Waals surface area contributed by atoms with Crippen LogP contribution in [0.3, 0.4) is 0 Å². The summed E-state index contributed by atoms with van der Waals surface area (Å²) in [4.78, 5) is 16.5. The van der Waals surface area contributed by atoms with Crippen molar-refractivity contribution in [2.45, 2.75) is 10.9 Å². The maximum absolute atomic E-state index is 13.5. The lowest BCUT2D eigenvalue weighted by atomic mass is 10.0. The zero-order valence-corrected chi connectivity index (χ0v) is 19.5. The number of nitrogens with zero attached hydrogens (tertiary/aromatic N) is 2. The highest BCUT2D eigenvalue weighted by Gasteiger charge is 2.27. The van der Waals surface area contributed by atoms with Crippen LogP contribution in [-0.2, 0) is 10.0 Å². The van der Waals surface area contributed by atoms with Crippen LogP contribution in [0.15, 0.2) is 108 Å². The molecular weight excluding hydrogens is 464 g/mol. The number of nitrogens with two attached hydrogens (primary N) is 1. The van der Waals surface area contributed by atoms with E-state index >= 15 is 0 Å². The summed E-state index contributed by atoms with van der Waals surface area (Å²) in [7, 11) is -3.92. The topological polar surface area (TPSA) is 126 Å². The molecule has 0 spiro atoms. The molecule has 4 N–H and O–H groups in total. The van der Waals surface area contributed by atoms with E-state index in [1.165, 1.54) is 40.7 Å². The fourth-order valence-electron chi connectivity index (χ4n) is 3.49. The van der Waals surface area contributed by atoms with Crippen LogP contribution in [0.4, 0.5) is 11.4 Å². The fourth-order valence-corrected chi connectivity index (χ4v) is 5.00. The molecule has 0 saturated carbocycles. The van der Waals surface area contributed by atoms with Gasteiger partial charge in [-0.05, 0) is 66.2 Å². The van der Waals surface area contributed by atoms with Gasteiger partial charge in [0, 0.05) is 29.7 Å². The molecule has 0 aliphatic carbocycles. The normalized spacial score (nSPS) is 12.0. The van der Waals surface area contributed by atoms with Crippen molar-refractivity contribution in [3.8, 4) is 5.75 Å². The molecule has 1 amide bonds. The first-order chi connectivity index (χ1) is 16.8. The van der Waals surface area contributed by atoms with Gasteiger partial charge in [0.05, 0.1) is 17.1 Å². The molecule has 0 aliphatic heterocycles. The standard InChI is InChI=1S/C26H24N4O4S/c27-25(19-6-8-20(9-7-19)26(32)29-21-14-16-28-17-15-21)18-30(22-10-12-23(31)13-11-22)35(33,34)24-4-2-1-3-5-24/h1-17,25,31H,18,27H2,(H,28,29,32). The summed E-state index contributed by atoms with van der Waals surface area (Å²) in [6.07, 6.45) is 3.17. The Bertz CT molecular complexity index is 1380. The average Bonchev–Trinajstić information content (AvgIpc) is 2.89. The smallest absolute Gasteiger partial charge is 0.264 e. The SMILES string of the molecule is NC(CN(c1ccc(O)cc1)S(=O)(=O)c1ccccc1)c1ccc(C(=O)Nc2ccncc2)cc1. The lowest BCUT2D eigenvalue weighted by molar-refractivity contribution is 0.102. The maximum Gasteiger partial charge on any atom is 0.264 e. The second kappa shape index (κ2) is 10.4. The Morgan fingerprint density at radius 1 is 0.914 bits per heavy atom. The number of aromatic nitrogens is 1. The molecule has 1 atom stereocenters. The number of anilines is 2. The second-order valence-electron chi connectivity index (χ2n) is 7.78. The molecule has 3 aromatic carbocycles. The lowest BCUT2D eigenvalue weighted by Crippen LogP contribution is -2.37. The van der Waals surface area contributed by atoms with Crippen LogP contribution in [0.2, 0.25) is 0 Å². The number of benzene rings is 3. The molecule has 0 aliphatic rings. The van der Waals surface area contributed by atoms with E-state index in [2.05, 4.69) is 10.3 Å². The number of rotatable bonds is 8. The molecule has 0 bridgehead atoms. The minimum absolute atomic E-state index is 0.0238. The molecule has 8 nitrogen and oxygen atoms in total. The second-order valence-corrected chi connectivity index (χ2v) is 9.65. The maximum atomic E-state index is 13.5. The zero-order chi connectivity index (χ0) is 24.8. The van der Waals surface area contributed by atoms with Crippen LogP contribution in [0, 0.1) is 0 Å². The number of sulfonamides is 1. The quantitative estimate of drug-likeness (QED) is 0.345. The van der Waals surface area contributed by atoms with Gasteiger partial charge in [-0.1, -0.05) is 30.3 Å². The largest absolute Gasteiger partial charge is 0.508 e. The third-order valence-corrected chi connectivity index (χ3v) is 7.18. The number of amides is 1. The molecule has 0 saturated heterocycles. The van der Waals surface area contributed by atoms with Gasteiger partial charge in [-0.2, -0.15) is 0 Å². The molecule has 0 radical (unpaired) electrons. The monoisotopic (exact) mass is 488 g/mol. The summed E-state index contributed by atoms with van der Waals surface area (Å²) in [5.41, 5.74) is 8.52. The van der Waals surface area contributed by atoms with E-state index in [4.69, 9.17) is 5.73 Å². The molecule has 1 heterocycles. The molecule has 4 aromatic rings. The van der Waals surface area contributed by atoms with Crippen LogP contribution < -0.4 is 15.4 Å². The van der Waals surface area contributed by atoms with Gasteiger partial charge in [0.15, 0.2) is 0 Å². The van der Waals surface area contributed by atoms with Crippen molar-refractivity contribution >= 4 is 27.3 Å². The van der Waals surface area contributed by atoms with E-state index in [0.717, 1.165) is 0 Å². The molecule has 9 heteroatoms. The van der Waals surface area contributed by atoms with Gasteiger partial charge in [0.1, 0.15) is 5.75 Å². The molecule has 35 heavy (non-hydrogen) atoms. The zero-order valence-electron chi connectivity index (χ0n) is 18.7. The molecular formula is C26H24N4O4S. The molecule has 1 aromatic heterocycles. The summed E-state index contributed by atoms with van der Waals surface area (Å²) < 4.78 is 28.1. The minimum atomic E-state index is -3.92. The summed E-state index contributed by atoms with van der Waals surface area (Å²) >= 11 is 0. The van der Waals surface area contributed by atoms with Crippen molar-refractivity contribution in [3.05, 3.63) is 115 Å². The van der Waals surface area contributed by atoms with Crippen molar-refractivity contribution in [2.75, 3.05) is 16.2 Å². The first kappa shape index (κ1) is 23.9. The average molecular weight is 489 g/mol. The van der Waals surface area contributed by atoms with Gasteiger partial charge in [-0.25, -0.2) is 8.42 Å². The molecule has 178 valence electrons. The van der Waals surface area contributed by atoms with Gasteiger partial charge in [0.2, 0.25) is 0 Å². The summed E-state index contributed by atoms with van der Waals surface area (Å²) in [5, 5.41) is 12.4. The minimum Gasteiger partial charge on any atom is -0.508 e. The number of nitrogens with one attached hydrogen (secondary N) is 1. The number of phenols is 1.